The van der Waals surface area contributed by atoms with Gasteiger partial charge in [-0.2, -0.15) is 0 Å². The lowest BCUT2D eigenvalue weighted by Gasteiger charge is -2.29. The molecule has 1 N–H and O–H groups in total. The number of benzene rings is 1. The predicted octanol–water partition coefficient (Wildman–Crippen LogP) is 4.55. The normalized spacial score (nSPS) is 24.6. The Kier molecular flexibility index (Phi) is 4.09. The van der Waals surface area contributed by atoms with E-state index in [1.54, 1.807) is 0 Å². The van der Waals surface area contributed by atoms with Crippen molar-refractivity contribution in [2.45, 2.75) is 58.9 Å². The Morgan fingerprint density at radius 3 is 2.53 bits per heavy atom. The maximum absolute atomic E-state index is 3.79. The summed E-state index contributed by atoms with van der Waals surface area (Å²) in [6, 6.07) is 7.33. The summed E-state index contributed by atoms with van der Waals surface area (Å²) in [5.41, 5.74) is 4.25. The lowest BCUT2D eigenvalue weighted by molar-refractivity contribution is 0.361. The molecule has 0 bridgehead atoms. The second kappa shape index (κ2) is 5.57. The minimum atomic E-state index is 0.692. The number of para-hydroxylation sites is 1. The van der Waals surface area contributed by atoms with Crippen LogP contribution in [0.25, 0.3) is 0 Å². The van der Waals surface area contributed by atoms with Crippen LogP contribution < -0.4 is 5.32 Å². The highest BCUT2D eigenvalue weighted by Gasteiger charge is 2.19. The molecular weight excluding hydrogens is 206 g/mol. The largest absolute Gasteiger partial charge is 0.382 e. The molecule has 0 spiro atoms. The smallest absolute Gasteiger partial charge is 0.0404 e. The van der Waals surface area contributed by atoms with Crippen molar-refractivity contribution in [2.24, 2.45) is 5.92 Å². The van der Waals surface area contributed by atoms with E-state index in [9.17, 15) is 0 Å². The van der Waals surface area contributed by atoms with Gasteiger partial charge in [0, 0.05) is 11.7 Å². The van der Waals surface area contributed by atoms with Gasteiger partial charge in [0.15, 0.2) is 0 Å². The van der Waals surface area contributed by atoms with Crippen molar-refractivity contribution in [1.29, 1.82) is 0 Å². The number of hydrogen-bond acceptors (Lipinski definition) is 1. The summed E-state index contributed by atoms with van der Waals surface area (Å²) < 4.78 is 0. The molecule has 0 aromatic heterocycles. The van der Waals surface area contributed by atoms with E-state index in [4.69, 9.17) is 0 Å². The molecule has 2 rings (SSSR count). The number of aryl methyl sites for hydroxylation is 2. The van der Waals surface area contributed by atoms with Crippen LogP contribution in [0.4, 0.5) is 5.69 Å². The molecule has 17 heavy (non-hydrogen) atoms. The fourth-order valence-corrected chi connectivity index (χ4v) is 2.84. The monoisotopic (exact) mass is 231 g/mol. The topological polar surface area (TPSA) is 12.0 Å². The second-order valence-electron chi connectivity index (χ2n) is 5.56. The van der Waals surface area contributed by atoms with Gasteiger partial charge in [-0.15, -0.1) is 0 Å². The van der Waals surface area contributed by atoms with Crippen LogP contribution in [0.15, 0.2) is 18.2 Å². The minimum Gasteiger partial charge on any atom is -0.382 e. The van der Waals surface area contributed by atoms with Gasteiger partial charge in [-0.25, -0.2) is 0 Å². The number of nitrogens with one attached hydrogen (secondary N) is 1. The summed E-state index contributed by atoms with van der Waals surface area (Å²) in [5, 5.41) is 3.79. The molecule has 0 heterocycles. The first-order chi connectivity index (χ1) is 8.20. The molecule has 1 fully saturated rings. The molecule has 1 saturated carbocycles. The van der Waals surface area contributed by atoms with Gasteiger partial charge in [-0.3, -0.25) is 0 Å². The van der Waals surface area contributed by atoms with Gasteiger partial charge < -0.3 is 5.32 Å². The van der Waals surface area contributed by atoms with E-state index in [2.05, 4.69) is 44.3 Å². The third kappa shape index (κ3) is 3.02. The zero-order valence-electron chi connectivity index (χ0n) is 11.4. The molecule has 0 atom stereocenters. The van der Waals surface area contributed by atoms with Gasteiger partial charge in [0.05, 0.1) is 0 Å². The Morgan fingerprint density at radius 1 is 1.18 bits per heavy atom. The van der Waals surface area contributed by atoms with Crippen LogP contribution in [0.1, 0.15) is 50.7 Å². The molecule has 0 amide bonds. The molecular formula is C16H25N. The van der Waals surface area contributed by atoms with Crippen molar-refractivity contribution in [2.75, 3.05) is 5.32 Å². The fraction of sp³-hybridized carbons (Fsp3) is 0.625. The van der Waals surface area contributed by atoms with Gasteiger partial charge in [-0.05, 0) is 56.1 Å². The SMILES string of the molecule is CCc1cccc(C)c1NC1CCC(C)CC1. The van der Waals surface area contributed by atoms with E-state index < -0.39 is 0 Å². The van der Waals surface area contributed by atoms with Gasteiger partial charge in [0.2, 0.25) is 0 Å². The Hall–Kier alpha value is -0.980. The van der Waals surface area contributed by atoms with Crippen LogP contribution in [-0.2, 0) is 6.42 Å². The Bertz CT molecular complexity index is 362. The highest BCUT2D eigenvalue weighted by atomic mass is 14.9. The maximum atomic E-state index is 3.79. The lowest BCUT2D eigenvalue weighted by atomic mass is 9.87. The summed E-state index contributed by atoms with van der Waals surface area (Å²) in [7, 11) is 0. The molecule has 1 aromatic carbocycles. The third-order valence-corrected chi connectivity index (χ3v) is 4.10. The van der Waals surface area contributed by atoms with Crippen LogP contribution in [0, 0.1) is 12.8 Å². The highest BCUT2D eigenvalue weighted by molar-refractivity contribution is 5.57. The zero-order valence-corrected chi connectivity index (χ0v) is 11.4. The molecule has 1 heteroatoms. The fourth-order valence-electron chi connectivity index (χ4n) is 2.84. The summed E-state index contributed by atoms with van der Waals surface area (Å²) in [6.07, 6.45) is 6.54. The van der Waals surface area contributed by atoms with Gasteiger partial charge in [0.25, 0.3) is 0 Å². The van der Waals surface area contributed by atoms with Crippen molar-refractivity contribution in [1.82, 2.24) is 0 Å². The second-order valence-corrected chi connectivity index (χ2v) is 5.56. The summed E-state index contributed by atoms with van der Waals surface area (Å²) in [4.78, 5) is 0. The van der Waals surface area contributed by atoms with Crippen molar-refractivity contribution >= 4 is 5.69 Å². The molecule has 1 aliphatic carbocycles. The first kappa shape index (κ1) is 12.5. The van der Waals surface area contributed by atoms with Crippen molar-refractivity contribution in [3.63, 3.8) is 0 Å². The Balaban J connectivity index is 2.07. The maximum Gasteiger partial charge on any atom is 0.0404 e. The summed E-state index contributed by atoms with van der Waals surface area (Å²) in [5.74, 6) is 0.926. The van der Waals surface area contributed by atoms with Gasteiger partial charge in [0.1, 0.15) is 0 Å². The summed E-state index contributed by atoms with van der Waals surface area (Å²) in [6.45, 7) is 6.83. The molecule has 1 nitrogen and oxygen atoms in total. The van der Waals surface area contributed by atoms with Crippen LogP contribution >= 0.6 is 0 Å². The first-order valence-corrected chi connectivity index (χ1v) is 7.05. The van der Waals surface area contributed by atoms with E-state index >= 15 is 0 Å². The lowest BCUT2D eigenvalue weighted by Crippen LogP contribution is -2.26. The van der Waals surface area contributed by atoms with E-state index in [-0.39, 0.29) is 0 Å². The first-order valence-electron chi connectivity index (χ1n) is 7.05. The van der Waals surface area contributed by atoms with E-state index in [1.807, 2.05) is 0 Å². The molecule has 1 aliphatic rings. The average molecular weight is 231 g/mol. The standard InChI is InChI=1S/C16H25N/c1-4-14-7-5-6-13(3)16(14)17-15-10-8-12(2)9-11-15/h5-7,12,15,17H,4,8-11H2,1-3H3. The Morgan fingerprint density at radius 2 is 1.88 bits per heavy atom. The van der Waals surface area contributed by atoms with Crippen LogP contribution in [-0.4, -0.2) is 6.04 Å². The average Bonchev–Trinajstić information content (AvgIpc) is 2.34. The zero-order chi connectivity index (χ0) is 12.3. The van der Waals surface area contributed by atoms with E-state index in [0.717, 1.165) is 12.3 Å². The van der Waals surface area contributed by atoms with Crippen LogP contribution in [0.5, 0.6) is 0 Å². The number of rotatable bonds is 3. The van der Waals surface area contributed by atoms with Crippen LogP contribution in [0.2, 0.25) is 0 Å². The van der Waals surface area contributed by atoms with Crippen molar-refractivity contribution in [3.05, 3.63) is 29.3 Å². The van der Waals surface area contributed by atoms with Crippen molar-refractivity contribution < 1.29 is 0 Å². The van der Waals surface area contributed by atoms with Crippen molar-refractivity contribution in [3.8, 4) is 0 Å². The molecule has 94 valence electrons. The van der Waals surface area contributed by atoms with Crippen LogP contribution in [0.3, 0.4) is 0 Å². The molecule has 1 aromatic rings. The Labute approximate surface area is 106 Å². The third-order valence-electron chi connectivity index (χ3n) is 4.10. The molecule has 0 radical (unpaired) electrons. The minimum absolute atomic E-state index is 0.692. The van der Waals surface area contributed by atoms with Gasteiger partial charge >= 0.3 is 0 Å². The van der Waals surface area contributed by atoms with E-state index in [1.165, 1.54) is 42.5 Å². The van der Waals surface area contributed by atoms with E-state index in [0.29, 0.717) is 6.04 Å². The van der Waals surface area contributed by atoms with Gasteiger partial charge in [-0.1, -0.05) is 32.0 Å². The summed E-state index contributed by atoms with van der Waals surface area (Å²) >= 11 is 0. The highest BCUT2D eigenvalue weighted by Crippen LogP contribution is 2.29. The quantitative estimate of drug-likeness (QED) is 0.805. The molecule has 0 unspecified atom stereocenters. The number of anilines is 1. The number of hydrogen-bond donors (Lipinski definition) is 1. The molecule has 0 saturated heterocycles. The predicted molar refractivity (Wildman–Crippen MR) is 75.6 cm³/mol. The molecule has 0 aliphatic heterocycles.